The zero-order valence-corrected chi connectivity index (χ0v) is 11.4. The molecule has 3 rings (SSSR count). The van der Waals surface area contributed by atoms with Gasteiger partial charge in [-0.1, -0.05) is 0 Å². The highest BCUT2D eigenvalue weighted by Gasteiger charge is 2.14. The van der Waals surface area contributed by atoms with E-state index in [4.69, 9.17) is 10.00 Å². The van der Waals surface area contributed by atoms with Crippen molar-refractivity contribution in [2.75, 3.05) is 36.5 Å². The van der Waals surface area contributed by atoms with E-state index in [-0.39, 0.29) is 0 Å². The molecule has 1 aromatic carbocycles. The maximum absolute atomic E-state index is 8.78. The molecule has 0 atom stereocenters. The van der Waals surface area contributed by atoms with Gasteiger partial charge in [0.25, 0.3) is 0 Å². The third kappa shape index (κ3) is 3.24. The van der Waals surface area contributed by atoms with E-state index in [0.717, 1.165) is 18.8 Å². The number of nitrogens with one attached hydrogen (secondary N) is 1. The molecule has 1 fully saturated rings. The molecule has 1 saturated heterocycles. The second kappa shape index (κ2) is 6.15. The van der Waals surface area contributed by atoms with Gasteiger partial charge in [0.15, 0.2) is 5.82 Å². The van der Waals surface area contributed by atoms with E-state index in [9.17, 15) is 0 Å². The first-order valence-electron chi connectivity index (χ1n) is 6.65. The molecule has 2 aromatic rings. The minimum Gasteiger partial charge on any atom is -0.378 e. The Morgan fingerprint density at radius 2 is 1.95 bits per heavy atom. The SMILES string of the molecule is N#Cc1ccc(Nc2cnnc(N3CCOCC3)n2)cc1. The van der Waals surface area contributed by atoms with Crippen molar-refractivity contribution < 1.29 is 4.74 Å². The summed E-state index contributed by atoms with van der Waals surface area (Å²) in [7, 11) is 0. The van der Waals surface area contributed by atoms with Crippen LogP contribution in [0.3, 0.4) is 0 Å². The Kier molecular flexibility index (Phi) is 3.89. The van der Waals surface area contributed by atoms with Crippen LogP contribution in [0.5, 0.6) is 0 Å². The number of benzene rings is 1. The topological polar surface area (TPSA) is 87.0 Å². The molecule has 7 nitrogen and oxygen atoms in total. The first-order valence-corrected chi connectivity index (χ1v) is 6.65. The van der Waals surface area contributed by atoms with E-state index in [1.54, 1.807) is 18.3 Å². The fourth-order valence-corrected chi connectivity index (χ4v) is 2.03. The summed E-state index contributed by atoms with van der Waals surface area (Å²) in [5.74, 6) is 1.22. The smallest absolute Gasteiger partial charge is 0.247 e. The molecular formula is C14H14N6O. The Balaban J connectivity index is 1.74. The summed E-state index contributed by atoms with van der Waals surface area (Å²) < 4.78 is 5.31. The van der Waals surface area contributed by atoms with Gasteiger partial charge in [0.2, 0.25) is 5.95 Å². The third-order valence-corrected chi connectivity index (χ3v) is 3.13. The van der Waals surface area contributed by atoms with Crippen molar-refractivity contribution in [2.45, 2.75) is 0 Å². The number of nitriles is 1. The molecule has 0 radical (unpaired) electrons. The molecule has 0 unspecified atom stereocenters. The predicted octanol–water partition coefficient (Wildman–Crippen LogP) is 1.32. The fourth-order valence-electron chi connectivity index (χ4n) is 2.03. The number of morpholine rings is 1. The summed E-state index contributed by atoms with van der Waals surface area (Å²) >= 11 is 0. The average molecular weight is 282 g/mol. The Hall–Kier alpha value is -2.72. The molecule has 106 valence electrons. The quantitative estimate of drug-likeness (QED) is 0.908. The van der Waals surface area contributed by atoms with Gasteiger partial charge < -0.3 is 15.0 Å². The molecule has 1 aliphatic heterocycles. The van der Waals surface area contributed by atoms with Crippen LogP contribution < -0.4 is 10.2 Å². The number of nitrogens with zero attached hydrogens (tertiary/aromatic N) is 5. The van der Waals surface area contributed by atoms with Gasteiger partial charge in [0, 0.05) is 18.8 Å². The Morgan fingerprint density at radius 1 is 1.19 bits per heavy atom. The summed E-state index contributed by atoms with van der Waals surface area (Å²) in [6.45, 7) is 2.89. The molecule has 2 heterocycles. The first kappa shape index (κ1) is 13.3. The monoisotopic (exact) mass is 282 g/mol. The minimum atomic E-state index is 0.594. The number of hydrogen-bond donors (Lipinski definition) is 1. The molecule has 0 spiro atoms. The van der Waals surface area contributed by atoms with E-state index in [1.807, 2.05) is 17.0 Å². The van der Waals surface area contributed by atoms with E-state index in [0.29, 0.717) is 30.5 Å². The maximum Gasteiger partial charge on any atom is 0.247 e. The van der Waals surface area contributed by atoms with Crippen LogP contribution in [0.15, 0.2) is 30.5 Å². The molecule has 1 aliphatic rings. The van der Waals surface area contributed by atoms with Crippen LogP contribution in [-0.4, -0.2) is 41.5 Å². The van der Waals surface area contributed by atoms with Crippen molar-refractivity contribution in [3.8, 4) is 6.07 Å². The number of rotatable bonds is 3. The zero-order chi connectivity index (χ0) is 14.5. The van der Waals surface area contributed by atoms with Gasteiger partial charge in [-0.25, -0.2) is 0 Å². The minimum absolute atomic E-state index is 0.594. The van der Waals surface area contributed by atoms with E-state index >= 15 is 0 Å². The molecule has 21 heavy (non-hydrogen) atoms. The highest BCUT2D eigenvalue weighted by Crippen LogP contribution is 2.16. The summed E-state index contributed by atoms with van der Waals surface area (Å²) in [5.41, 5.74) is 1.47. The normalized spacial score (nSPS) is 14.5. The highest BCUT2D eigenvalue weighted by molar-refractivity contribution is 5.57. The number of anilines is 3. The first-order chi connectivity index (χ1) is 10.3. The molecule has 0 bridgehead atoms. The van der Waals surface area contributed by atoms with Crippen molar-refractivity contribution in [1.82, 2.24) is 15.2 Å². The van der Waals surface area contributed by atoms with Crippen molar-refractivity contribution >= 4 is 17.5 Å². The van der Waals surface area contributed by atoms with Gasteiger partial charge in [-0.3, -0.25) is 0 Å². The van der Waals surface area contributed by atoms with Gasteiger partial charge in [0.05, 0.1) is 31.0 Å². The van der Waals surface area contributed by atoms with Crippen LogP contribution in [0.1, 0.15) is 5.56 Å². The van der Waals surface area contributed by atoms with E-state index in [2.05, 4.69) is 26.6 Å². The van der Waals surface area contributed by atoms with Crippen molar-refractivity contribution in [1.29, 1.82) is 5.26 Å². The van der Waals surface area contributed by atoms with Gasteiger partial charge in [-0.15, -0.1) is 5.10 Å². The Bertz CT molecular complexity index is 645. The van der Waals surface area contributed by atoms with Crippen LogP contribution in [0, 0.1) is 11.3 Å². The highest BCUT2D eigenvalue weighted by atomic mass is 16.5. The second-order valence-corrected chi connectivity index (χ2v) is 4.56. The Labute approximate surface area is 122 Å². The van der Waals surface area contributed by atoms with Crippen LogP contribution in [0.2, 0.25) is 0 Å². The molecular weight excluding hydrogens is 268 g/mol. The largest absolute Gasteiger partial charge is 0.378 e. The summed E-state index contributed by atoms with van der Waals surface area (Å²) in [5, 5.41) is 20.0. The molecule has 1 N–H and O–H groups in total. The lowest BCUT2D eigenvalue weighted by molar-refractivity contribution is 0.122. The van der Waals surface area contributed by atoms with Gasteiger partial charge >= 0.3 is 0 Å². The van der Waals surface area contributed by atoms with Gasteiger partial charge in [-0.2, -0.15) is 15.3 Å². The van der Waals surface area contributed by atoms with Crippen LogP contribution >= 0.6 is 0 Å². The van der Waals surface area contributed by atoms with Gasteiger partial charge in [0.1, 0.15) is 0 Å². The predicted molar refractivity (Wildman–Crippen MR) is 77.3 cm³/mol. The number of hydrogen-bond acceptors (Lipinski definition) is 7. The standard InChI is InChI=1S/C14H14N6O/c15-9-11-1-3-12(4-2-11)17-13-10-16-19-14(18-13)20-5-7-21-8-6-20/h1-4,10H,5-8H2,(H,17,18,19). The molecule has 7 heteroatoms. The lowest BCUT2D eigenvalue weighted by atomic mass is 10.2. The Morgan fingerprint density at radius 3 is 2.67 bits per heavy atom. The molecule has 1 aromatic heterocycles. The molecule has 0 amide bonds. The molecule has 0 aliphatic carbocycles. The average Bonchev–Trinajstić information content (AvgIpc) is 2.57. The third-order valence-electron chi connectivity index (χ3n) is 3.13. The van der Waals surface area contributed by atoms with Crippen LogP contribution in [-0.2, 0) is 4.74 Å². The summed E-state index contributed by atoms with van der Waals surface area (Å²) in [6.07, 6.45) is 1.57. The summed E-state index contributed by atoms with van der Waals surface area (Å²) in [6, 6.07) is 9.24. The van der Waals surface area contributed by atoms with E-state index < -0.39 is 0 Å². The lowest BCUT2D eigenvalue weighted by Crippen LogP contribution is -2.37. The fraction of sp³-hybridized carbons (Fsp3) is 0.286. The number of ether oxygens (including phenoxy) is 1. The van der Waals surface area contributed by atoms with Crippen molar-refractivity contribution in [2.24, 2.45) is 0 Å². The van der Waals surface area contributed by atoms with Crippen LogP contribution in [0.25, 0.3) is 0 Å². The van der Waals surface area contributed by atoms with Gasteiger partial charge in [-0.05, 0) is 24.3 Å². The molecule has 0 saturated carbocycles. The van der Waals surface area contributed by atoms with E-state index in [1.165, 1.54) is 0 Å². The van der Waals surface area contributed by atoms with Crippen molar-refractivity contribution in [3.05, 3.63) is 36.0 Å². The summed E-state index contributed by atoms with van der Waals surface area (Å²) in [4.78, 5) is 6.50. The van der Waals surface area contributed by atoms with Crippen molar-refractivity contribution in [3.63, 3.8) is 0 Å². The zero-order valence-electron chi connectivity index (χ0n) is 11.4. The lowest BCUT2D eigenvalue weighted by Gasteiger charge is -2.26. The maximum atomic E-state index is 8.78. The second-order valence-electron chi connectivity index (χ2n) is 4.56. The van der Waals surface area contributed by atoms with Crippen LogP contribution in [0.4, 0.5) is 17.5 Å². The number of aromatic nitrogens is 3.